The normalized spacial score (nSPS) is 22.9. The predicted molar refractivity (Wildman–Crippen MR) is 82.8 cm³/mol. The van der Waals surface area contributed by atoms with Crippen molar-refractivity contribution in [2.75, 3.05) is 51.7 Å². The van der Waals surface area contributed by atoms with Crippen LogP contribution in [0.2, 0.25) is 0 Å². The third kappa shape index (κ3) is 4.22. The Hall–Kier alpha value is -1.06. The Kier molecular flexibility index (Phi) is 4.83. The van der Waals surface area contributed by atoms with Crippen molar-refractivity contribution in [3.63, 3.8) is 0 Å². The van der Waals surface area contributed by atoms with Crippen LogP contribution in [0.4, 0.5) is 5.69 Å². The summed E-state index contributed by atoms with van der Waals surface area (Å²) in [7, 11) is 4.41. The Morgan fingerprint density at radius 2 is 1.89 bits per heavy atom. The van der Waals surface area contributed by atoms with E-state index in [4.69, 9.17) is 0 Å². The molecule has 0 bridgehead atoms. The van der Waals surface area contributed by atoms with E-state index in [1.807, 2.05) is 0 Å². The zero-order chi connectivity index (χ0) is 13.7. The Morgan fingerprint density at radius 1 is 1.16 bits per heavy atom. The van der Waals surface area contributed by atoms with Gasteiger partial charge in [-0.2, -0.15) is 0 Å². The SMILES string of the molecule is CN(CCN(C)c1ccccc1)CC1(C)CCNC1. The number of benzene rings is 1. The van der Waals surface area contributed by atoms with Crippen molar-refractivity contribution in [2.45, 2.75) is 13.3 Å². The molecule has 1 heterocycles. The number of nitrogens with zero attached hydrogens (tertiary/aromatic N) is 2. The molecule has 1 aromatic carbocycles. The average molecular weight is 261 g/mol. The van der Waals surface area contributed by atoms with Gasteiger partial charge < -0.3 is 15.1 Å². The first-order valence-electron chi connectivity index (χ1n) is 7.25. The molecule has 0 saturated carbocycles. The number of para-hydroxylation sites is 1. The summed E-state index contributed by atoms with van der Waals surface area (Å²) >= 11 is 0. The van der Waals surface area contributed by atoms with Gasteiger partial charge in [-0.25, -0.2) is 0 Å². The second kappa shape index (κ2) is 6.40. The molecule has 0 aromatic heterocycles. The van der Waals surface area contributed by atoms with E-state index in [1.54, 1.807) is 0 Å². The highest BCUT2D eigenvalue weighted by atomic mass is 15.2. The van der Waals surface area contributed by atoms with Gasteiger partial charge in [0.2, 0.25) is 0 Å². The minimum Gasteiger partial charge on any atom is -0.373 e. The average Bonchev–Trinajstić information content (AvgIpc) is 2.83. The van der Waals surface area contributed by atoms with Crippen molar-refractivity contribution in [3.05, 3.63) is 30.3 Å². The maximum atomic E-state index is 3.47. The lowest BCUT2D eigenvalue weighted by atomic mass is 9.89. The van der Waals surface area contributed by atoms with Crippen molar-refractivity contribution in [3.8, 4) is 0 Å². The van der Waals surface area contributed by atoms with Crippen LogP contribution in [-0.2, 0) is 0 Å². The molecule has 0 spiro atoms. The van der Waals surface area contributed by atoms with Gasteiger partial charge in [-0.05, 0) is 37.6 Å². The molecular weight excluding hydrogens is 234 g/mol. The van der Waals surface area contributed by atoms with Crippen molar-refractivity contribution in [2.24, 2.45) is 5.41 Å². The van der Waals surface area contributed by atoms with E-state index in [2.05, 4.69) is 66.5 Å². The zero-order valence-electron chi connectivity index (χ0n) is 12.5. The first kappa shape index (κ1) is 14.4. The third-order valence-electron chi connectivity index (χ3n) is 4.12. The second-order valence-electron chi connectivity index (χ2n) is 6.23. The van der Waals surface area contributed by atoms with Gasteiger partial charge in [0.05, 0.1) is 0 Å². The molecule has 0 aliphatic carbocycles. The molecule has 0 radical (unpaired) electrons. The number of rotatable bonds is 6. The summed E-state index contributed by atoms with van der Waals surface area (Å²) in [6.45, 7) is 8.10. The van der Waals surface area contributed by atoms with Gasteiger partial charge in [0.25, 0.3) is 0 Å². The maximum absolute atomic E-state index is 3.47. The van der Waals surface area contributed by atoms with E-state index in [0.29, 0.717) is 5.41 Å². The van der Waals surface area contributed by atoms with Crippen LogP contribution in [0.15, 0.2) is 30.3 Å². The smallest absolute Gasteiger partial charge is 0.0364 e. The van der Waals surface area contributed by atoms with Gasteiger partial charge in [0.1, 0.15) is 0 Å². The Labute approximate surface area is 117 Å². The van der Waals surface area contributed by atoms with Crippen molar-refractivity contribution < 1.29 is 0 Å². The number of likely N-dealkylation sites (N-methyl/N-ethyl adjacent to an activating group) is 2. The molecule has 3 nitrogen and oxygen atoms in total. The van der Waals surface area contributed by atoms with Crippen molar-refractivity contribution >= 4 is 5.69 Å². The highest BCUT2D eigenvalue weighted by Gasteiger charge is 2.29. The lowest BCUT2D eigenvalue weighted by Gasteiger charge is -2.30. The second-order valence-corrected chi connectivity index (χ2v) is 6.23. The maximum Gasteiger partial charge on any atom is 0.0364 e. The van der Waals surface area contributed by atoms with Gasteiger partial charge in [0.15, 0.2) is 0 Å². The highest BCUT2D eigenvalue weighted by Crippen LogP contribution is 2.25. The number of hydrogen-bond donors (Lipinski definition) is 1. The Balaban J connectivity index is 1.75. The van der Waals surface area contributed by atoms with Crippen molar-refractivity contribution in [1.82, 2.24) is 10.2 Å². The molecule has 1 saturated heterocycles. The molecule has 1 aliphatic rings. The lowest BCUT2D eigenvalue weighted by molar-refractivity contribution is 0.213. The van der Waals surface area contributed by atoms with Crippen LogP contribution in [0.25, 0.3) is 0 Å². The van der Waals surface area contributed by atoms with Gasteiger partial charge >= 0.3 is 0 Å². The molecule has 1 fully saturated rings. The Bertz CT molecular complexity index is 371. The summed E-state index contributed by atoms with van der Waals surface area (Å²) in [5.41, 5.74) is 1.75. The van der Waals surface area contributed by atoms with Crippen LogP contribution in [0.1, 0.15) is 13.3 Å². The van der Waals surface area contributed by atoms with Crippen LogP contribution in [-0.4, -0.2) is 51.7 Å². The number of hydrogen-bond acceptors (Lipinski definition) is 3. The molecule has 0 amide bonds. The largest absolute Gasteiger partial charge is 0.373 e. The standard InChI is InChI=1S/C16H27N3/c1-16(9-10-17-13-16)14-18(2)11-12-19(3)15-7-5-4-6-8-15/h4-8,17H,9-14H2,1-3H3. The predicted octanol–water partition coefficient (Wildman–Crippen LogP) is 2.05. The van der Waals surface area contributed by atoms with Gasteiger partial charge in [-0.1, -0.05) is 25.1 Å². The molecule has 3 heteroatoms. The molecule has 1 aromatic rings. The van der Waals surface area contributed by atoms with Crippen LogP contribution < -0.4 is 10.2 Å². The van der Waals surface area contributed by atoms with E-state index in [-0.39, 0.29) is 0 Å². The molecular formula is C16H27N3. The van der Waals surface area contributed by atoms with Gasteiger partial charge in [-0.3, -0.25) is 0 Å². The number of nitrogens with one attached hydrogen (secondary N) is 1. The molecule has 19 heavy (non-hydrogen) atoms. The minimum absolute atomic E-state index is 0.458. The molecule has 1 unspecified atom stereocenters. The van der Waals surface area contributed by atoms with Crippen LogP contribution in [0.5, 0.6) is 0 Å². The van der Waals surface area contributed by atoms with Crippen LogP contribution in [0, 0.1) is 5.41 Å². The van der Waals surface area contributed by atoms with Gasteiger partial charge in [0, 0.05) is 38.9 Å². The monoisotopic (exact) mass is 261 g/mol. The summed E-state index contributed by atoms with van der Waals surface area (Å²) < 4.78 is 0. The van der Waals surface area contributed by atoms with E-state index in [0.717, 1.165) is 19.6 Å². The fourth-order valence-electron chi connectivity index (χ4n) is 2.87. The molecule has 1 atom stereocenters. The van der Waals surface area contributed by atoms with Crippen LogP contribution in [0.3, 0.4) is 0 Å². The first-order chi connectivity index (χ1) is 9.09. The summed E-state index contributed by atoms with van der Waals surface area (Å²) in [6.07, 6.45) is 1.30. The van der Waals surface area contributed by atoms with E-state index >= 15 is 0 Å². The lowest BCUT2D eigenvalue weighted by Crippen LogP contribution is -2.38. The van der Waals surface area contributed by atoms with Crippen molar-refractivity contribution in [1.29, 1.82) is 0 Å². The fraction of sp³-hybridized carbons (Fsp3) is 0.625. The summed E-state index contributed by atoms with van der Waals surface area (Å²) in [5, 5.41) is 3.47. The minimum atomic E-state index is 0.458. The molecule has 1 aliphatic heterocycles. The summed E-state index contributed by atoms with van der Waals surface area (Å²) in [5.74, 6) is 0. The zero-order valence-corrected chi connectivity index (χ0v) is 12.5. The molecule has 2 rings (SSSR count). The summed E-state index contributed by atoms with van der Waals surface area (Å²) in [6, 6.07) is 10.6. The molecule has 106 valence electrons. The third-order valence-corrected chi connectivity index (χ3v) is 4.12. The van der Waals surface area contributed by atoms with E-state index < -0.39 is 0 Å². The quantitative estimate of drug-likeness (QED) is 0.845. The Morgan fingerprint density at radius 3 is 2.53 bits per heavy atom. The van der Waals surface area contributed by atoms with E-state index in [9.17, 15) is 0 Å². The highest BCUT2D eigenvalue weighted by molar-refractivity contribution is 5.44. The first-order valence-corrected chi connectivity index (χ1v) is 7.25. The van der Waals surface area contributed by atoms with Gasteiger partial charge in [-0.15, -0.1) is 0 Å². The van der Waals surface area contributed by atoms with Crippen LogP contribution >= 0.6 is 0 Å². The summed E-state index contributed by atoms with van der Waals surface area (Å²) in [4.78, 5) is 4.79. The topological polar surface area (TPSA) is 18.5 Å². The number of anilines is 1. The molecule has 1 N–H and O–H groups in total. The fourth-order valence-corrected chi connectivity index (χ4v) is 2.87. The van der Waals surface area contributed by atoms with E-state index in [1.165, 1.54) is 25.2 Å².